The van der Waals surface area contributed by atoms with E-state index < -0.39 is 0 Å². The predicted molar refractivity (Wildman–Crippen MR) is 51.3 cm³/mol. The molecule has 0 aliphatic rings. The lowest BCUT2D eigenvalue weighted by Crippen LogP contribution is -2.18. The topological polar surface area (TPSA) is 53.1 Å². The standard InChI is InChI=1S/C9H17N3O/c1-7(13-3)5-12-6-11-4-9(12)8(2)10/h4,6-8H,5,10H2,1-3H3/t7?,8-/m1/s1. The second kappa shape index (κ2) is 4.39. The quantitative estimate of drug-likeness (QED) is 0.755. The van der Waals surface area contributed by atoms with Crippen LogP contribution in [0.4, 0.5) is 0 Å². The van der Waals surface area contributed by atoms with Crippen molar-refractivity contribution in [2.24, 2.45) is 5.73 Å². The maximum atomic E-state index is 5.77. The molecule has 0 saturated carbocycles. The van der Waals surface area contributed by atoms with Gasteiger partial charge in [-0.15, -0.1) is 0 Å². The van der Waals surface area contributed by atoms with E-state index in [1.165, 1.54) is 0 Å². The Morgan fingerprint density at radius 2 is 2.31 bits per heavy atom. The van der Waals surface area contributed by atoms with E-state index in [4.69, 9.17) is 10.5 Å². The number of rotatable bonds is 4. The summed E-state index contributed by atoms with van der Waals surface area (Å²) in [5.74, 6) is 0. The molecule has 2 atom stereocenters. The van der Waals surface area contributed by atoms with Crippen molar-refractivity contribution in [2.45, 2.75) is 32.5 Å². The first-order valence-corrected chi connectivity index (χ1v) is 4.43. The van der Waals surface area contributed by atoms with Gasteiger partial charge in [0.2, 0.25) is 0 Å². The van der Waals surface area contributed by atoms with Crippen molar-refractivity contribution in [3.05, 3.63) is 18.2 Å². The van der Waals surface area contributed by atoms with Crippen LogP contribution < -0.4 is 5.73 Å². The van der Waals surface area contributed by atoms with Crippen molar-refractivity contribution in [3.8, 4) is 0 Å². The first-order chi connectivity index (χ1) is 6.15. The molecule has 0 amide bonds. The molecule has 4 nitrogen and oxygen atoms in total. The minimum absolute atomic E-state index is 0.0200. The van der Waals surface area contributed by atoms with Gasteiger partial charge in [0.15, 0.2) is 0 Å². The summed E-state index contributed by atoms with van der Waals surface area (Å²) in [5, 5.41) is 0. The highest BCUT2D eigenvalue weighted by molar-refractivity contribution is 5.03. The Balaban J connectivity index is 2.70. The number of hydrogen-bond acceptors (Lipinski definition) is 3. The van der Waals surface area contributed by atoms with Crippen LogP contribution in [0, 0.1) is 0 Å². The second-order valence-corrected chi connectivity index (χ2v) is 3.31. The number of hydrogen-bond donors (Lipinski definition) is 1. The lowest BCUT2D eigenvalue weighted by atomic mass is 10.2. The highest BCUT2D eigenvalue weighted by Crippen LogP contribution is 2.09. The van der Waals surface area contributed by atoms with Gasteiger partial charge in [0, 0.05) is 25.9 Å². The van der Waals surface area contributed by atoms with Gasteiger partial charge in [-0.2, -0.15) is 0 Å². The van der Waals surface area contributed by atoms with Gasteiger partial charge in [0.25, 0.3) is 0 Å². The fourth-order valence-corrected chi connectivity index (χ4v) is 1.21. The van der Waals surface area contributed by atoms with E-state index in [-0.39, 0.29) is 12.1 Å². The molecular formula is C9H17N3O. The third-order valence-corrected chi connectivity index (χ3v) is 2.07. The lowest BCUT2D eigenvalue weighted by Gasteiger charge is -2.14. The molecule has 0 aliphatic carbocycles. The number of methoxy groups -OCH3 is 1. The number of aromatic nitrogens is 2. The van der Waals surface area contributed by atoms with Crippen LogP contribution in [0.3, 0.4) is 0 Å². The largest absolute Gasteiger partial charge is 0.380 e. The van der Waals surface area contributed by atoms with Gasteiger partial charge in [-0.3, -0.25) is 0 Å². The average Bonchev–Trinajstić information content (AvgIpc) is 2.52. The zero-order chi connectivity index (χ0) is 9.84. The smallest absolute Gasteiger partial charge is 0.0949 e. The molecule has 0 saturated heterocycles. The van der Waals surface area contributed by atoms with E-state index >= 15 is 0 Å². The van der Waals surface area contributed by atoms with E-state index in [0.717, 1.165) is 12.2 Å². The molecule has 0 radical (unpaired) electrons. The van der Waals surface area contributed by atoms with Crippen molar-refractivity contribution in [1.29, 1.82) is 0 Å². The maximum Gasteiger partial charge on any atom is 0.0949 e. The molecule has 2 N–H and O–H groups in total. The zero-order valence-electron chi connectivity index (χ0n) is 8.40. The van der Waals surface area contributed by atoms with Gasteiger partial charge >= 0.3 is 0 Å². The van der Waals surface area contributed by atoms with Gasteiger partial charge in [-0.05, 0) is 13.8 Å². The van der Waals surface area contributed by atoms with Crippen LogP contribution in [0.25, 0.3) is 0 Å². The summed E-state index contributed by atoms with van der Waals surface area (Å²) < 4.78 is 7.20. The molecule has 0 fully saturated rings. The van der Waals surface area contributed by atoms with Crippen molar-refractivity contribution in [1.82, 2.24) is 9.55 Å². The molecule has 1 heterocycles. The van der Waals surface area contributed by atoms with E-state index in [2.05, 4.69) is 4.98 Å². The number of ether oxygens (including phenoxy) is 1. The van der Waals surface area contributed by atoms with E-state index in [0.29, 0.717) is 0 Å². The molecule has 0 aromatic carbocycles. The van der Waals surface area contributed by atoms with Crippen LogP contribution in [0.1, 0.15) is 25.6 Å². The van der Waals surface area contributed by atoms with Gasteiger partial charge < -0.3 is 15.0 Å². The Morgan fingerprint density at radius 1 is 1.62 bits per heavy atom. The first-order valence-electron chi connectivity index (χ1n) is 4.43. The third kappa shape index (κ3) is 2.54. The molecular weight excluding hydrogens is 166 g/mol. The molecule has 1 aromatic heterocycles. The van der Waals surface area contributed by atoms with E-state index in [1.807, 2.05) is 18.4 Å². The molecule has 4 heteroatoms. The highest BCUT2D eigenvalue weighted by Gasteiger charge is 2.08. The molecule has 0 bridgehead atoms. The first kappa shape index (κ1) is 10.2. The van der Waals surface area contributed by atoms with Gasteiger partial charge in [-0.1, -0.05) is 0 Å². The van der Waals surface area contributed by atoms with Crippen LogP contribution in [-0.2, 0) is 11.3 Å². The molecule has 0 spiro atoms. The molecule has 1 rings (SSSR count). The molecule has 74 valence electrons. The van der Waals surface area contributed by atoms with E-state index in [9.17, 15) is 0 Å². The van der Waals surface area contributed by atoms with Crippen LogP contribution in [0.5, 0.6) is 0 Å². The van der Waals surface area contributed by atoms with Crippen LogP contribution in [0.2, 0.25) is 0 Å². The molecule has 13 heavy (non-hydrogen) atoms. The summed E-state index contributed by atoms with van der Waals surface area (Å²) in [4.78, 5) is 4.06. The maximum absolute atomic E-state index is 5.77. The second-order valence-electron chi connectivity index (χ2n) is 3.31. The monoisotopic (exact) mass is 183 g/mol. The Morgan fingerprint density at radius 3 is 2.85 bits per heavy atom. The molecule has 1 aromatic rings. The SMILES string of the molecule is COC(C)Cn1cncc1[C@@H](C)N. The predicted octanol–water partition coefficient (Wildman–Crippen LogP) is 0.938. The van der Waals surface area contributed by atoms with Crippen molar-refractivity contribution >= 4 is 0 Å². The molecule has 0 aliphatic heterocycles. The fraction of sp³-hybridized carbons (Fsp3) is 0.667. The Bertz CT molecular complexity index is 257. The van der Waals surface area contributed by atoms with Crippen molar-refractivity contribution < 1.29 is 4.74 Å². The minimum atomic E-state index is 0.0200. The zero-order valence-corrected chi connectivity index (χ0v) is 8.40. The highest BCUT2D eigenvalue weighted by atomic mass is 16.5. The van der Waals surface area contributed by atoms with Crippen LogP contribution >= 0.6 is 0 Å². The van der Waals surface area contributed by atoms with E-state index in [1.54, 1.807) is 19.6 Å². The van der Waals surface area contributed by atoms with Gasteiger partial charge in [-0.25, -0.2) is 4.98 Å². The van der Waals surface area contributed by atoms with Crippen molar-refractivity contribution in [3.63, 3.8) is 0 Å². The van der Waals surface area contributed by atoms with Crippen LogP contribution in [0.15, 0.2) is 12.5 Å². The Hall–Kier alpha value is -0.870. The van der Waals surface area contributed by atoms with Gasteiger partial charge in [0.1, 0.15) is 0 Å². The summed E-state index contributed by atoms with van der Waals surface area (Å²) in [5.41, 5.74) is 6.82. The third-order valence-electron chi connectivity index (χ3n) is 2.07. The summed E-state index contributed by atoms with van der Waals surface area (Å²) >= 11 is 0. The summed E-state index contributed by atoms with van der Waals surface area (Å²) in [6, 6.07) is 0.0200. The normalized spacial score (nSPS) is 15.7. The summed E-state index contributed by atoms with van der Waals surface area (Å²) in [6.07, 6.45) is 3.77. The Labute approximate surface area is 78.7 Å². The number of imidazole rings is 1. The van der Waals surface area contributed by atoms with Crippen LogP contribution in [-0.4, -0.2) is 22.8 Å². The fourth-order valence-electron chi connectivity index (χ4n) is 1.21. The minimum Gasteiger partial charge on any atom is -0.380 e. The summed E-state index contributed by atoms with van der Waals surface area (Å²) in [6.45, 7) is 4.77. The molecule has 1 unspecified atom stereocenters. The Kier molecular flexibility index (Phi) is 3.45. The van der Waals surface area contributed by atoms with Crippen molar-refractivity contribution in [2.75, 3.05) is 7.11 Å². The van der Waals surface area contributed by atoms with Gasteiger partial charge in [0.05, 0.1) is 18.1 Å². The number of nitrogens with zero attached hydrogens (tertiary/aromatic N) is 2. The number of nitrogens with two attached hydrogens (primary N) is 1. The summed E-state index contributed by atoms with van der Waals surface area (Å²) in [7, 11) is 1.70. The lowest BCUT2D eigenvalue weighted by molar-refractivity contribution is 0.102. The average molecular weight is 183 g/mol.